The molecule has 1 aliphatic heterocycles. The monoisotopic (exact) mass is 335 g/mol. The van der Waals surface area contributed by atoms with Crippen molar-refractivity contribution in [3.63, 3.8) is 0 Å². The number of fused-ring (bicyclic) bond motifs is 1. The van der Waals surface area contributed by atoms with E-state index in [9.17, 15) is 18.0 Å². The van der Waals surface area contributed by atoms with Gasteiger partial charge in [0.1, 0.15) is 6.54 Å². The first kappa shape index (κ1) is 15.7. The molecule has 1 fully saturated rings. The number of hydrogen-bond acceptors (Lipinski definition) is 5. The van der Waals surface area contributed by atoms with Crippen molar-refractivity contribution in [2.75, 3.05) is 18.1 Å². The predicted molar refractivity (Wildman–Crippen MR) is 85.8 cm³/mol. The highest BCUT2D eigenvalue weighted by molar-refractivity contribution is 7.92. The van der Waals surface area contributed by atoms with E-state index in [0.717, 1.165) is 0 Å². The first-order valence-corrected chi connectivity index (χ1v) is 9.02. The summed E-state index contributed by atoms with van der Waals surface area (Å²) in [5, 5.41) is 7.25. The summed E-state index contributed by atoms with van der Waals surface area (Å²) in [6.45, 7) is 2.12. The molecule has 0 unspecified atom stereocenters. The van der Waals surface area contributed by atoms with E-state index in [0.29, 0.717) is 17.4 Å². The molecule has 0 bridgehead atoms. The Morgan fingerprint density at radius 3 is 2.74 bits per heavy atom. The summed E-state index contributed by atoms with van der Waals surface area (Å²) in [6, 6.07) is 6.95. The van der Waals surface area contributed by atoms with Crippen LogP contribution < -0.4 is 10.7 Å². The van der Waals surface area contributed by atoms with Gasteiger partial charge in [-0.1, -0.05) is 19.1 Å². The molecule has 1 aromatic heterocycles. The average molecular weight is 335 g/mol. The molecule has 8 heteroatoms. The van der Waals surface area contributed by atoms with Crippen LogP contribution in [0.3, 0.4) is 0 Å². The van der Waals surface area contributed by atoms with Crippen molar-refractivity contribution >= 4 is 26.6 Å². The summed E-state index contributed by atoms with van der Waals surface area (Å²) < 4.78 is 24.0. The minimum atomic E-state index is -2.93. The lowest BCUT2D eigenvalue weighted by Crippen LogP contribution is -2.53. The zero-order valence-corrected chi connectivity index (χ0v) is 13.5. The standard InChI is InChI=1S/C15H17N3O4S/c1-15(9-23(21,22)10-15)8-16-14(20)7-18-12-5-3-2-4-11(12)13(19)6-17-18/h2-6H,7-10H2,1H3,(H,16,20). The molecule has 1 aliphatic rings. The highest BCUT2D eigenvalue weighted by Crippen LogP contribution is 2.31. The number of nitrogens with zero attached hydrogens (tertiary/aromatic N) is 2. The van der Waals surface area contributed by atoms with Crippen molar-refractivity contribution in [3.05, 3.63) is 40.7 Å². The smallest absolute Gasteiger partial charge is 0.241 e. The lowest BCUT2D eigenvalue weighted by atomic mass is 9.95. The fraction of sp³-hybridized carbons (Fsp3) is 0.400. The van der Waals surface area contributed by atoms with Gasteiger partial charge in [-0.2, -0.15) is 5.10 Å². The number of carbonyl (C=O) groups excluding carboxylic acids is 1. The van der Waals surface area contributed by atoms with Crippen molar-refractivity contribution in [2.24, 2.45) is 5.41 Å². The van der Waals surface area contributed by atoms with Crippen LogP contribution in [0.2, 0.25) is 0 Å². The summed E-state index contributed by atoms with van der Waals surface area (Å²) in [4.78, 5) is 23.8. The zero-order chi connectivity index (χ0) is 16.7. The molecule has 1 N–H and O–H groups in total. The van der Waals surface area contributed by atoms with Gasteiger partial charge in [-0.25, -0.2) is 8.42 Å². The number of para-hydroxylation sites is 1. The van der Waals surface area contributed by atoms with Crippen molar-refractivity contribution in [1.82, 2.24) is 15.1 Å². The highest BCUT2D eigenvalue weighted by atomic mass is 32.2. The van der Waals surface area contributed by atoms with Crippen molar-refractivity contribution < 1.29 is 13.2 Å². The molecule has 2 heterocycles. The molecule has 0 atom stereocenters. The summed E-state index contributed by atoms with van der Waals surface area (Å²) >= 11 is 0. The molecule has 0 radical (unpaired) electrons. The van der Waals surface area contributed by atoms with Crippen LogP contribution in [0.5, 0.6) is 0 Å². The Bertz CT molecular complexity index is 921. The second kappa shape index (κ2) is 5.45. The number of carbonyl (C=O) groups is 1. The van der Waals surface area contributed by atoms with Crippen molar-refractivity contribution in [1.29, 1.82) is 0 Å². The van der Waals surface area contributed by atoms with Crippen molar-refractivity contribution in [2.45, 2.75) is 13.5 Å². The van der Waals surface area contributed by atoms with Gasteiger partial charge in [-0.05, 0) is 12.1 Å². The molecule has 122 valence electrons. The fourth-order valence-electron chi connectivity index (χ4n) is 2.91. The summed E-state index contributed by atoms with van der Waals surface area (Å²) in [5.74, 6) is -0.0734. The highest BCUT2D eigenvalue weighted by Gasteiger charge is 2.44. The second-order valence-corrected chi connectivity index (χ2v) is 8.37. The molecule has 2 aromatic rings. The Morgan fingerprint density at radius 2 is 2.04 bits per heavy atom. The number of benzene rings is 1. The molecule has 1 aromatic carbocycles. The van der Waals surface area contributed by atoms with Gasteiger partial charge in [0.25, 0.3) is 0 Å². The second-order valence-electron chi connectivity index (χ2n) is 6.30. The van der Waals surface area contributed by atoms with E-state index in [1.54, 1.807) is 24.3 Å². The zero-order valence-electron chi connectivity index (χ0n) is 12.7. The number of aromatic nitrogens is 2. The van der Waals surface area contributed by atoms with E-state index >= 15 is 0 Å². The molecular formula is C15H17N3O4S. The van der Waals surface area contributed by atoms with E-state index in [1.807, 2.05) is 6.92 Å². The Balaban J connectivity index is 1.69. The molecule has 1 amide bonds. The maximum Gasteiger partial charge on any atom is 0.241 e. The Kier molecular flexibility index (Phi) is 3.71. The van der Waals surface area contributed by atoms with E-state index in [1.165, 1.54) is 10.9 Å². The quantitative estimate of drug-likeness (QED) is 0.844. The molecule has 7 nitrogen and oxygen atoms in total. The topological polar surface area (TPSA) is 98.1 Å². The van der Waals surface area contributed by atoms with E-state index in [4.69, 9.17) is 0 Å². The van der Waals surface area contributed by atoms with E-state index in [2.05, 4.69) is 10.4 Å². The van der Waals surface area contributed by atoms with Crippen LogP contribution in [0.1, 0.15) is 6.92 Å². The van der Waals surface area contributed by atoms with E-state index in [-0.39, 0.29) is 29.4 Å². The Labute approximate surface area is 133 Å². The molecule has 0 saturated carbocycles. The third-order valence-corrected chi connectivity index (χ3v) is 6.18. The maximum absolute atomic E-state index is 12.1. The van der Waals surface area contributed by atoms with Crippen LogP contribution in [0.15, 0.2) is 35.3 Å². The molecule has 0 aliphatic carbocycles. The summed E-state index contributed by atoms with van der Waals surface area (Å²) in [5.41, 5.74) is 0.00472. The van der Waals surface area contributed by atoms with Gasteiger partial charge in [0.05, 0.1) is 23.2 Å². The van der Waals surface area contributed by atoms with Gasteiger partial charge in [-0.3, -0.25) is 14.3 Å². The van der Waals surface area contributed by atoms with Crippen LogP contribution in [0.25, 0.3) is 10.9 Å². The number of rotatable bonds is 4. The van der Waals surface area contributed by atoms with Gasteiger partial charge < -0.3 is 5.32 Å². The van der Waals surface area contributed by atoms with Crippen LogP contribution >= 0.6 is 0 Å². The van der Waals surface area contributed by atoms with Crippen LogP contribution in [-0.4, -0.2) is 42.2 Å². The summed E-state index contributed by atoms with van der Waals surface area (Å²) in [7, 11) is -2.93. The first-order valence-electron chi connectivity index (χ1n) is 7.20. The third-order valence-electron chi connectivity index (χ3n) is 3.90. The molecule has 0 spiro atoms. The molecule has 1 saturated heterocycles. The Morgan fingerprint density at radius 1 is 1.35 bits per heavy atom. The largest absolute Gasteiger partial charge is 0.354 e. The normalized spacial score (nSPS) is 18.3. The minimum Gasteiger partial charge on any atom is -0.354 e. The number of amides is 1. The van der Waals surface area contributed by atoms with Gasteiger partial charge in [0.15, 0.2) is 9.84 Å². The number of nitrogens with one attached hydrogen (secondary N) is 1. The lowest BCUT2D eigenvalue weighted by Gasteiger charge is -2.37. The maximum atomic E-state index is 12.1. The molecular weight excluding hydrogens is 318 g/mol. The van der Waals surface area contributed by atoms with Crippen LogP contribution in [-0.2, 0) is 21.2 Å². The molecule has 3 rings (SSSR count). The third kappa shape index (κ3) is 3.26. The van der Waals surface area contributed by atoms with Gasteiger partial charge in [0.2, 0.25) is 11.3 Å². The predicted octanol–water partition coefficient (Wildman–Crippen LogP) is -0.0526. The lowest BCUT2D eigenvalue weighted by molar-refractivity contribution is -0.122. The van der Waals surface area contributed by atoms with Gasteiger partial charge >= 0.3 is 0 Å². The van der Waals surface area contributed by atoms with Crippen LogP contribution in [0.4, 0.5) is 0 Å². The summed E-state index contributed by atoms with van der Waals surface area (Å²) in [6.07, 6.45) is 1.19. The van der Waals surface area contributed by atoms with Gasteiger partial charge in [0, 0.05) is 17.3 Å². The van der Waals surface area contributed by atoms with Gasteiger partial charge in [-0.15, -0.1) is 0 Å². The Hall–Kier alpha value is -2.22. The average Bonchev–Trinajstić information content (AvgIpc) is 2.46. The van der Waals surface area contributed by atoms with E-state index < -0.39 is 15.3 Å². The first-order chi connectivity index (χ1) is 10.8. The minimum absolute atomic E-state index is 0.0242. The van der Waals surface area contributed by atoms with Crippen LogP contribution in [0, 0.1) is 5.41 Å². The number of hydrogen-bond donors (Lipinski definition) is 1. The molecule has 23 heavy (non-hydrogen) atoms. The fourth-order valence-corrected chi connectivity index (χ4v) is 5.16. The number of sulfone groups is 1. The SMILES string of the molecule is CC1(CNC(=O)Cn2ncc(=O)c3ccccc32)CS(=O)(=O)C1. The van der Waals surface area contributed by atoms with Crippen molar-refractivity contribution in [3.8, 4) is 0 Å².